The van der Waals surface area contributed by atoms with Crippen LogP contribution in [0, 0.1) is 11.8 Å². The lowest BCUT2D eigenvalue weighted by atomic mass is 10.1. The van der Waals surface area contributed by atoms with Crippen molar-refractivity contribution in [2.75, 3.05) is 0 Å². The molecular weight excluding hydrogens is 230 g/mol. The van der Waals surface area contributed by atoms with Crippen LogP contribution in [0.4, 0.5) is 0 Å². The Labute approximate surface area is 85.9 Å². The van der Waals surface area contributed by atoms with Gasteiger partial charge in [0.15, 0.2) is 6.39 Å². The summed E-state index contributed by atoms with van der Waals surface area (Å²) in [7, 11) is 0. The van der Waals surface area contributed by atoms with Crippen LogP contribution in [0.2, 0.25) is 0 Å². The van der Waals surface area contributed by atoms with Gasteiger partial charge in [-0.1, -0.05) is 22.4 Å². The molecule has 2 fully saturated rings. The molecule has 0 radical (unpaired) electrons. The lowest BCUT2D eigenvalue weighted by molar-refractivity contribution is 0.478. The molecule has 2 saturated carbocycles. The van der Waals surface area contributed by atoms with E-state index >= 15 is 0 Å². The Morgan fingerprint density at radius 2 is 2.23 bits per heavy atom. The van der Waals surface area contributed by atoms with Crippen LogP contribution in [-0.4, -0.2) is 4.98 Å². The molecule has 0 aliphatic heterocycles. The zero-order valence-electron chi connectivity index (χ0n) is 7.37. The topological polar surface area (TPSA) is 26.0 Å². The van der Waals surface area contributed by atoms with Gasteiger partial charge in [-0.05, 0) is 24.7 Å². The second kappa shape index (κ2) is 2.84. The molecule has 2 unspecified atom stereocenters. The number of hydrogen-bond donors (Lipinski definition) is 0. The number of alkyl halides is 1. The minimum Gasteiger partial charge on any atom is -0.448 e. The fourth-order valence-electron chi connectivity index (χ4n) is 2.86. The van der Waals surface area contributed by atoms with E-state index in [1.165, 1.54) is 19.3 Å². The lowest BCUT2D eigenvalue weighted by Gasteiger charge is -1.99. The van der Waals surface area contributed by atoms with E-state index in [-0.39, 0.29) is 0 Å². The number of oxazole rings is 1. The van der Waals surface area contributed by atoms with E-state index in [0.717, 1.165) is 28.6 Å². The van der Waals surface area contributed by atoms with E-state index in [1.54, 1.807) is 6.39 Å². The molecule has 0 amide bonds. The maximum atomic E-state index is 5.47. The first kappa shape index (κ1) is 8.04. The number of rotatable bonds is 2. The van der Waals surface area contributed by atoms with Crippen molar-refractivity contribution in [1.29, 1.82) is 0 Å². The Bertz CT molecular complexity index is 312. The highest BCUT2D eigenvalue weighted by molar-refractivity contribution is 9.08. The van der Waals surface area contributed by atoms with Crippen LogP contribution in [-0.2, 0) is 5.33 Å². The van der Waals surface area contributed by atoms with Gasteiger partial charge in [0.2, 0.25) is 0 Å². The van der Waals surface area contributed by atoms with Gasteiger partial charge in [0.05, 0.1) is 5.69 Å². The van der Waals surface area contributed by atoms with E-state index < -0.39 is 0 Å². The molecule has 0 aromatic carbocycles. The average Bonchev–Trinajstić information content (AvgIpc) is 2.65. The van der Waals surface area contributed by atoms with Crippen LogP contribution in [0.3, 0.4) is 0 Å². The van der Waals surface area contributed by atoms with Gasteiger partial charge in [-0.3, -0.25) is 0 Å². The molecule has 2 aliphatic carbocycles. The van der Waals surface area contributed by atoms with E-state index in [2.05, 4.69) is 20.9 Å². The van der Waals surface area contributed by atoms with Crippen molar-refractivity contribution in [3.05, 3.63) is 17.8 Å². The van der Waals surface area contributed by atoms with Crippen molar-refractivity contribution in [3.63, 3.8) is 0 Å². The Morgan fingerprint density at radius 3 is 2.92 bits per heavy atom. The normalized spacial score (nSPS) is 36.2. The van der Waals surface area contributed by atoms with Gasteiger partial charge in [-0.2, -0.15) is 0 Å². The van der Waals surface area contributed by atoms with Gasteiger partial charge in [0.25, 0.3) is 0 Å². The molecule has 3 heteroatoms. The third kappa shape index (κ3) is 1.09. The third-order valence-corrected chi connectivity index (χ3v) is 4.04. The van der Waals surface area contributed by atoms with Gasteiger partial charge in [0.1, 0.15) is 5.76 Å². The standard InChI is InChI=1S/C10H12BrNO/c11-4-8-10(13-5-12-8)9-6-2-1-3-7(6)9/h5-7,9H,1-4H2. The third-order valence-electron chi connectivity index (χ3n) is 3.51. The number of fused-ring (bicyclic) bond motifs is 1. The largest absolute Gasteiger partial charge is 0.448 e. The molecule has 13 heavy (non-hydrogen) atoms. The van der Waals surface area contributed by atoms with Crippen LogP contribution in [0.1, 0.15) is 36.6 Å². The second-order valence-electron chi connectivity index (χ2n) is 4.08. The molecule has 3 rings (SSSR count). The van der Waals surface area contributed by atoms with Gasteiger partial charge in [-0.15, -0.1) is 0 Å². The monoisotopic (exact) mass is 241 g/mol. The minimum absolute atomic E-state index is 0.712. The summed E-state index contributed by atoms with van der Waals surface area (Å²) in [5, 5.41) is 0.828. The molecule has 0 N–H and O–H groups in total. The van der Waals surface area contributed by atoms with Gasteiger partial charge < -0.3 is 4.42 Å². The fraction of sp³-hybridized carbons (Fsp3) is 0.700. The van der Waals surface area contributed by atoms with Crippen LogP contribution in [0.15, 0.2) is 10.8 Å². The van der Waals surface area contributed by atoms with E-state index in [9.17, 15) is 0 Å². The summed E-state index contributed by atoms with van der Waals surface area (Å²) < 4.78 is 5.47. The van der Waals surface area contributed by atoms with Crippen LogP contribution in [0.25, 0.3) is 0 Å². The van der Waals surface area contributed by atoms with E-state index in [0.29, 0.717) is 5.92 Å². The first-order valence-corrected chi connectivity index (χ1v) is 6.02. The molecule has 0 saturated heterocycles. The van der Waals surface area contributed by atoms with Crippen molar-refractivity contribution >= 4 is 15.9 Å². The summed E-state index contributed by atoms with van der Waals surface area (Å²) in [4.78, 5) is 4.21. The van der Waals surface area contributed by atoms with Crippen molar-refractivity contribution in [1.82, 2.24) is 4.98 Å². The van der Waals surface area contributed by atoms with E-state index in [1.807, 2.05) is 0 Å². The molecule has 0 spiro atoms. The average molecular weight is 242 g/mol. The zero-order chi connectivity index (χ0) is 8.84. The first-order valence-electron chi connectivity index (χ1n) is 4.90. The second-order valence-corrected chi connectivity index (χ2v) is 4.64. The maximum Gasteiger partial charge on any atom is 0.181 e. The summed E-state index contributed by atoms with van der Waals surface area (Å²) in [6, 6.07) is 0. The zero-order valence-corrected chi connectivity index (χ0v) is 8.96. The summed E-state index contributed by atoms with van der Waals surface area (Å²) in [5.41, 5.74) is 1.11. The molecule has 2 atom stereocenters. The Morgan fingerprint density at radius 1 is 1.46 bits per heavy atom. The predicted molar refractivity (Wildman–Crippen MR) is 52.7 cm³/mol. The van der Waals surface area contributed by atoms with Gasteiger partial charge >= 0.3 is 0 Å². The van der Waals surface area contributed by atoms with Crippen LogP contribution < -0.4 is 0 Å². The van der Waals surface area contributed by atoms with Gasteiger partial charge in [0, 0.05) is 11.2 Å². The highest BCUT2D eigenvalue weighted by atomic mass is 79.9. The predicted octanol–water partition coefficient (Wildman–Crippen LogP) is 3.08. The van der Waals surface area contributed by atoms with Crippen molar-refractivity contribution in [2.45, 2.75) is 30.5 Å². The quantitative estimate of drug-likeness (QED) is 0.745. The summed E-state index contributed by atoms with van der Waals surface area (Å²) >= 11 is 3.44. The van der Waals surface area contributed by atoms with Crippen molar-refractivity contribution < 1.29 is 4.42 Å². The molecule has 70 valence electrons. The summed E-state index contributed by atoms with van der Waals surface area (Å²) in [5.74, 6) is 3.71. The highest BCUT2D eigenvalue weighted by Gasteiger charge is 2.55. The number of nitrogens with zero attached hydrogens (tertiary/aromatic N) is 1. The Balaban J connectivity index is 1.86. The molecular formula is C10H12BrNO. The Kier molecular flexibility index (Phi) is 1.76. The molecule has 1 aromatic heterocycles. The van der Waals surface area contributed by atoms with Gasteiger partial charge in [-0.25, -0.2) is 4.98 Å². The van der Waals surface area contributed by atoms with Crippen molar-refractivity contribution in [2.24, 2.45) is 11.8 Å². The number of halogens is 1. The van der Waals surface area contributed by atoms with Crippen LogP contribution in [0.5, 0.6) is 0 Å². The SMILES string of the molecule is BrCc1ncoc1C1C2CCCC21. The summed E-state index contributed by atoms with van der Waals surface area (Å²) in [6.45, 7) is 0. The molecule has 2 nitrogen and oxygen atoms in total. The first-order chi connectivity index (χ1) is 6.42. The number of hydrogen-bond acceptors (Lipinski definition) is 2. The fourth-order valence-corrected chi connectivity index (χ4v) is 3.28. The minimum atomic E-state index is 0.712. The lowest BCUT2D eigenvalue weighted by Crippen LogP contribution is -1.90. The van der Waals surface area contributed by atoms with E-state index in [4.69, 9.17) is 4.42 Å². The van der Waals surface area contributed by atoms with Crippen molar-refractivity contribution in [3.8, 4) is 0 Å². The number of aromatic nitrogens is 1. The van der Waals surface area contributed by atoms with Crippen LogP contribution >= 0.6 is 15.9 Å². The molecule has 2 aliphatic rings. The molecule has 1 heterocycles. The molecule has 1 aromatic rings. The highest BCUT2D eigenvalue weighted by Crippen LogP contribution is 2.63. The maximum absolute atomic E-state index is 5.47. The molecule has 0 bridgehead atoms. The smallest absolute Gasteiger partial charge is 0.181 e. The summed E-state index contributed by atoms with van der Waals surface area (Å²) in [6.07, 6.45) is 5.80. The Hall–Kier alpha value is -0.310.